The highest BCUT2D eigenvalue weighted by atomic mass is 19.3. The molecule has 0 radical (unpaired) electrons. The van der Waals surface area contributed by atoms with Gasteiger partial charge in [-0.05, 0) is 25.0 Å². The third kappa shape index (κ3) is 4.03. The molecule has 3 nitrogen and oxygen atoms in total. The number of unbranched alkanes of at least 4 members (excludes halogenated alkanes) is 1. The van der Waals surface area contributed by atoms with E-state index in [-0.39, 0.29) is 18.6 Å². The van der Waals surface area contributed by atoms with Gasteiger partial charge in [-0.2, -0.15) is 8.78 Å². The summed E-state index contributed by atoms with van der Waals surface area (Å²) in [6.45, 7) is 3.68. The molecule has 0 aliphatic rings. The van der Waals surface area contributed by atoms with E-state index in [0.717, 1.165) is 24.8 Å². The third-order valence-corrected chi connectivity index (χ3v) is 3.26. The van der Waals surface area contributed by atoms with Gasteiger partial charge >= 0.3 is 0 Å². The van der Waals surface area contributed by atoms with Crippen molar-refractivity contribution < 1.29 is 17.9 Å². The van der Waals surface area contributed by atoms with Gasteiger partial charge in [-0.25, -0.2) is 4.98 Å². The minimum absolute atomic E-state index is 0.0105. The van der Waals surface area contributed by atoms with Crippen LogP contribution in [0.5, 0.6) is 5.75 Å². The number of aromatic nitrogens is 1. The number of benzene rings is 1. The van der Waals surface area contributed by atoms with E-state index >= 15 is 0 Å². The smallest absolute Gasteiger partial charge is 0.272 e. The quantitative estimate of drug-likeness (QED) is 0.712. The lowest BCUT2D eigenvalue weighted by molar-refractivity contribution is 0.324. The van der Waals surface area contributed by atoms with Crippen molar-refractivity contribution in [2.75, 3.05) is 6.61 Å². The molecule has 1 aromatic heterocycles. The molecule has 5 heteroatoms. The summed E-state index contributed by atoms with van der Waals surface area (Å²) in [7, 11) is 0. The fraction of sp³-hybridized carbons (Fsp3) is 0.438. The lowest BCUT2D eigenvalue weighted by Crippen LogP contribution is -2.01. The number of rotatable bonds is 7. The summed E-state index contributed by atoms with van der Waals surface area (Å²) in [5, 5.41) is 0. The number of nitrogens with zero attached hydrogens (tertiary/aromatic N) is 1. The Bertz CT molecular complexity index is 630. The van der Waals surface area contributed by atoms with Crippen LogP contribution >= 0.6 is 0 Å². The van der Waals surface area contributed by atoms with E-state index in [2.05, 4.69) is 11.9 Å². The van der Waals surface area contributed by atoms with E-state index in [9.17, 15) is 8.78 Å². The summed E-state index contributed by atoms with van der Waals surface area (Å²) in [4.78, 5) is 4.38. The van der Waals surface area contributed by atoms with E-state index in [1.165, 1.54) is 0 Å². The van der Waals surface area contributed by atoms with Crippen LogP contribution in [0.4, 0.5) is 8.78 Å². The first-order valence-electron chi connectivity index (χ1n) is 7.19. The fourth-order valence-corrected chi connectivity index (χ4v) is 1.94. The highest BCUT2D eigenvalue weighted by Gasteiger charge is 2.09. The van der Waals surface area contributed by atoms with Crippen LogP contribution in [0.3, 0.4) is 0 Å². The van der Waals surface area contributed by atoms with Gasteiger partial charge in [-0.3, -0.25) is 0 Å². The number of aryl methyl sites for hydroxylation is 1. The van der Waals surface area contributed by atoms with Crippen molar-refractivity contribution in [3.05, 3.63) is 35.7 Å². The standard InChI is InChI=1S/C16H19F2NO2/c1-3-5-6-15-19-13-8-7-12(9-14(13)21-15)20-10-11(4-2)16(17)18/h7-9H,3-6,10H2,1-2H3. The molecular weight excluding hydrogens is 276 g/mol. The summed E-state index contributed by atoms with van der Waals surface area (Å²) in [5.41, 5.74) is 1.40. The largest absolute Gasteiger partial charge is 0.489 e. The first kappa shape index (κ1) is 15.5. The van der Waals surface area contributed by atoms with Gasteiger partial charge in [0.2, 0.25) is 0 Å². The molecule has 0 aliphatic carbocycles. The second kappa shape index (κ2) is 7.20. The molecule has 0 atom stereocenters. The summed E-state index contributed by atoms with van der Waals surface area (Å²) in [6.07, 6.45) is 1.51. The average molecular weight is 295 g/mol. The lowest BCUT2D eigenvalue weighted by Gasteiger charge is -2.06. The monoisotopic (exact) mass is 295 g/mol. The van der Waals surface area contributed by atoms with Crippen LogP contribution in [-0.4, -0.2) is 11.6 Å². The van der Waals surface area contributed by atoms with Crippen LogP contribution in [0.25, 0.3) is 11.1 Å². The van der Waals surface area contributed by atoms with Crippen LogP contribution in [0, 0.1) is 0 Å². The van der Waals surface area contributed by atoms with E-state index in [1.54, 1.807) is 25.1 Å². The predicted octanol–water partition coefficient (Wildman–Crippen LogP) is 5.11. The molecule has 1 aromatic carbocycles. The van der Waals surface area contributed by atoms with Crippen LogP contribution < -0.4 is 4.74 Å². The maximum atomic E-state index is 12.5. The van der Waals surface area contributed by atoms with Gasteiger partial charge in [-0.15, -0.1) is 0 Å². The summed E-state index contributed by atoms with van der Waals surface area (Å²) in [6, 6.07) is 5.20. The second-order valence-electron chi connectivity index (χ2n) is 4.85. The molecular formula is C16H19F2NO2. The molecule has 1 heterocycles. The molecule has 2 rings (SSSR count). The molecule has 114 valence electrons. The zero-order valence-corrected chi connectivity index (χ0v) is 12.3. The van der Waals surface area contributed by atoms with Crippen LogP contribution in [0.15, 0.2) is 34.3 Å². The molecule has 0 unspecified atom stereocenters. The number of ether oxygens (including phenoxy) is 1. The Morgan fingerprint density at radius 1 is 1.29 bits per heavy atom. The van der Waals surface area contributed by atoms with E-state index in [4.69, 9.17) is 9.15 Å². The van der Waals surface area contributed by atoms with Crippen molar-refractivity contribution in [1.82, 2.24) is 4.98 Å². The van der Waals surface area contributed by atoms with Crippen molar-refractivity contribution in [2.24, 2.45) is 0 Å². The fourth-order valence-electron chi connectivity index (χ4n) is 1.94. The average Bonchev–Trinajstić information content (AvgIpc) is 2.87. The summed E-state index contributed by atoms with van der Waals surface area (Å²) in [5.74, 6) is 1.21. The molecule has 0 saturated heterocycles. The Balaban J connectivity index is 2.09. The van der Waals surface area contributed by atoms with E-state index in [0.29, 0.717) is 17.2 Å². The molecule has 21 heavy (non-hydrogen) atoms. The van der Waals surface area contributed by atoms with E-state index < -0.39 is 6.08 Å². The van der Waals surface area contributed by atoms with E-state index in [1.807, 2.05) is 0 Å². The zero-order chi connectivity index (χ0) is 15.2. The van der Waals surface area contributed by atoms with Crippen molar-refractivity contribution in [3.8, 4) is 5.75 Å². The predicted molar refractivity (Wildman–Crippen MR) is 77.6 cm³/mol. The van der Waals surface area contributed by atoms with Gasteiger partial charge < -0.3 is 9.15 Å². The molecule has 0 aliphatic heterocycles. The lowest BCUT2D eigenvalue weighted by atomic mass is 10.2. The molecule has 0 saturated carbocycles. The minimum Gasteiger partial charge on any atom is -0.489 e. The summed E-state index contributed by atoms with van der Waals surface area (Å²) < 4.78 is 36.1. The molecule has 0 bridgehead atoms. The van der Waals surface area contributed by atoms with Crippen molar-refractivity contribution in [2.45, 2.75) is 39.5 Å². The van der Waals surface area contributed by atoms with Crippen molar-refractivity contribution in [1.29, 1.82) is 0 Å². The molecule has 0 fully saturated rings. The first-order chi connectivity index (χ1) is 10.1. The Morgan fingerprint density at radius 3 is 2.76 bits per heavy atom. The van der Waals surface area contributed by atoms with Crippen molar-refractivity contribution >= 4 is 11.1 Å². The third-order valence-electron chi connectivity index (χ3n) is 3.26. The van der Waals surface area contributed by atoms with Gasteiger partial charge in [0.25, 0.3) is 6.08 Å². The normalized spacial score (nSPS) is 10.9. The Morgan fingerprint density at radius 2 is 2.10 bits per heavy atom. The maximum Gasteiger partial charge on any atom is 0.272 e. The number of hydrogen-bond donors (Lipinski definition) is 0. The minimum atomic E-state index is -1.67. The highest BCUT2D eigenvalue weighted by molar-refractivity contribution is 5.74. The topological polar surface area (TPSA) is 35.3 Å². The van der Waals surface area contributed by atoms with Crippen LogP contribution in [0.2, 0.25) is 0 Å². The first-order valence-corrected chi connectivity index (χ1v) is 7.19. The number of halogens is 2. The maximum absolute atomic E-state index is 12.5. The van der Waals surface area contributed by atoms with Gasteiger partial charge in [0, 0.05) is 18.1 Å². The second-order valence-corrected chi connectivity index (χ2v) is 4.85. The Kier molecular flexibility index (Phi) is 5.31. The Hall–Kier alpha value is -1.91. The van der Waals surface area contributed by atoms with Gasteiger partial charge in [-0.1, -0.05) is 20.3 Å². The van der Waals surface area contributed by atoms with Crippen LogP contribution in [0.1, 0.15) is 39.0 Å². The molecule has 2 aromatic rings. The highest BCUT2D eigenvalue weighted by Crippen LogP contribution is 2.23. The number of fused-ring (bicyclic) bond motifs is 1. The number of hydrogen-bond acceptors (Lipinski definition) is 3. The molecule has 0 amide bonds. The molecule has 0 spiro atoms. The van der Waals surface area contributed by atoms with Gasteiger partial charge in [0.15, 0.2) is 11.5 Å². The van der Waals surface area contributed by atoms with Crippen molar-refractivity contribution in [3.63, 3.8) is 0 Å². The van der Waals surface area contributed by atoms with Gasteiger partial charge in [0.05, 0.1) is 0 Å². The van der Waals surface area contributed by atoms with Crippen LogP contribution in [-0.2, 0) is 6.42 Å². The molecule has 0 N–H and O–H groups in total. The van der Waals surface area contributed by atoms with Gasteiger partial charge in [0.1, 0.15) is 17.9 Å². The number of oxazole rings is 1. The zero-order valence-electron chi connectivity index (χ0n) is 12.3. The SMILES string of the molecule is CCCCc1nc2ccc(OCC(CC)=C(F)F)cc2o1. The summed E-state index contributed by atoms with van der Waals surface area (Å²) >= 11 is 0. The Labute approximate surface area is 122 Å².